The molecule has 0 aliphatic heterocycles. The second-order valence-electron chi connectivity index (χ2n) is 4.58. The van der Waals surface area contributed by atoms with Crippen molar-refractivity contribution < 1.29 is 9.18 Å². The zero-order chi connectivity index (χ0) is 14.3. The Morgan fingerprint density at radius 1 is 1.20 bits per heavy atom. The minimum absolute atomic E-state index is 0.121. The molecule has 0 spiro atoms. The molecule has 0 amide bonds. The van der Waals surface area contributed by atoms with Crippen LogP contribution in [0.3, 0.4) is 0 Å². The lowest BCUT2D eigenvalue weighted by Crippen LogP contribution is -2.03. The maximum Gasteiger partial charge on any atom is 0.197 e. The molecule has 0 saturated heterocycles. The first-order valence-electron chi connectivity index (χ1n) is 6.04. The van der Waals surface area contributed by atoms with Gasteiger partial charge < -0.3 is 0 Å². The molecular formula is C16H10BrFOS. The molecule has 0 fully saturated rings. The van der Waals surface area contributed by atoms with Gasteiger partial charge in [0.05, 0.1) is 5.56 Å². The van der Waals surface area contributed by atoms with E-state index in [1.807, 2.05) is 18.2 Å². The zero-order valence-electron chi connectivity index (χ0n) is 10.6. The van der Waals surface area contributed by atoms with Crippen molar-refractivity contribution in [3.8, 4) is 0 Å². The molecule has 3 rings (SSSR count). The molecule has 1 aromatic heterocycles. The fourth-order valence-corrected chi connectivity index (χ4v) is 3.75. The number of carbonyl (C=O) groups is 1. The van der Waals surface area contributed by atoms with Crippen LogP contribution in [-0.2, 0) is 0 Å². The van der Waals surface area contributed by atoms with Crippen molar-refractivity contribution in [3.05, 3.63) is 68.8 Å². The van der Waals surface area contributed by atoms with Crippen LogP contribution in [0.4, 0.5) is 4.39 Å². The Labute approximate surface area is 128 Å². The highest BCUT2D eigenvalue weighted by atomic mass is 79.9. The summed E-state index contributed by atoms with van der Waals surface area (Å²) in [6, 6.07) is 10.4. The molecule has 100 valence electrons. The number of aryl methyl sites for hydroxylation is 1. The van der Waals surface area contributed by atoms with Gasteiger partial charge in [-0.3, -0.25) is 4.79 Å². The maximum absolute atomic E-state index is 13.9. The Kier molecular flexibility index (Phi) is 3.44. The number of ketones is 1. The van der Waals surface area contributed by atoms with Gasteiger partial charge in [-0.1, -0.05) is 18.2 Å². The van der Waals surface area contributed by atoms with E-state index in [-0.39, 0.29) is 11.3 Å². The number of hydrogen-bond acceptors (Lipinski definition) is 2. The number of benzene rings is 2. The van der Waals surface area contributed by atoms with E-state index < -0.39 is 5.82 Å². The van der Waals surface area contributed by atoms with Gasteiger partial charge in [-0.2, -0.15) is 0 Å². The predicted octanol–water partition coefficient (Wildman–Crippen LogP) is 5.34. The quantitative estimate of drug-likeness (QED) is 0.571. The molecule has 3 aromatic rings. The third kappa shape index (κ3) is 2.19. The number of halogens is 2. The molecule has 4 heteroatoms. The van der Waals surface area contributed by atoms with E-state index in [2.05, 4.69) is 15.9 Å². The van der Waals surface area contributed by atoms with Crippen molar-refractivity contribution in [2.75, 3.05) is 0 Å². The molecule has 1 nitrogen and oxygen atoms in total. The van der Waals surface area contributed by atoms with Crippen molar-refractivity contribution in [3.63, 3.8) is 0 Å². The molecule has 0 aliphatic carbocycles. The molecule has 0 atom stereocenters. The SMILES string of the molecule is Cc1ccc(C(=O)c2csc3c(Br)cccc23)c(F)c1. The van der Waals surface area contributed by atoms with Gasteiger partial charge in [0.1, 0.15) is 5.82 Å². The highest BCUT2D eigenvalue weighted by Crippen LogP contribution is 2.33. The third-order valence-electron chi connectivity index (χ3n) is 3.17. The van der Waals surface area contributed by atoms with Crippen molar-refractivity contribution in [2.45, 2.75) is 6.92 Å². The van der Waals surface area contributed by atoms with Crippen LogP contribution in [0.15, 0.2) is 46.3 Å². The van der Waals surface area contributed by atoms with Crippen molar-refractivity contribution in [2.24, 2.45) is 0 Å². The number of rotatable bonds is 2. The van der Waals surface area contributed by atoms with Crippen LogP contribution in [0, 0.1) is 12.7 Å². The van der Waals surface area contributed by atoms with Crippen molar-refractivity contribution in [1.29, 1.82) is 0 Å². The van der Waals surface area contributed by atoms with Gasteiger partial charge in [0, 0.05) is 25.5 Å². The van der Waals surface area contributed by atoms with Crippen molar-refractivity contribution in [1.82, 2.24) is 0 Å². The summed E-state index contributed by atoms with van der Waals surface area (Å²) in [5.41, 5.74) is 1.47. The molecule has 0 radical (unpaired) electrons. The van der Waals surface area contributed by atoms with E-state index in [0.717, 1.165) is 20.1 Å². The smallest absolute Gasteiger partial charge is 0.197 e. The first-order chi connectivity index (χ1) is 9.58. The van der Waals surface area contributed by atoms with Crippen molar-refractivity contribution >= 4 is 43.1 Å². The molecule has 0 saturated carbocycles. The average molecular weight is 349 g/mol. The minimum atomic E-state index is -0.468. The Bertz CT molecular complexity index is 822. The van der Waals surface area contributed by atoms with Gasteiger partial charge in [-0.15, -0.1) is 11.3 Å². The Hall–Kier alpha value is -1.52. The van der Waals surface area contributed by atoms with Gasteiger partial charge in [-0.25, -0.2) is 4.39 Å². The summed E-state index contributed by atoms with van der Waals surface area (Å²) in [5.74, 6) is -0.740. The minimum Gasteiger partial charge on any atom is -0.288 e. The van der Waals surface area contributed by atoms with Crippen LogP contribution in [0.25, 0.3) is 10.1 Å². The topological polar surface area (TPSA) is 17.1 Å². The highest BCUT2D eigenvalue weighted by Gasteiger charge is 2.18. The number of carbonyl (C=O) groups excluding carboxylic acids is 1. The molecule has 0 unspecified atom stereocenters. The van der Waals surface area contributed by atoms with Crippen LogP contribution in [0.2, 0.25) is 0 Å². The second kappa shape index (κ2) is 5.11. The largest absolute Gasteiger partial charge is 0.288 e. The molecule has 2 aromatic carbocycles. The summed E-state index contributed by atoms with van der Waals surface area (Å²) in [7, 11) is 0. The van der Waals surface area contributed by atoms with Gasteiger partial charge in [0.25, 0.3) is 0 Å². The van der Waals surface area contributed by atoms with Gasteiger partial charge in [-0.05, 0) is 46.6 Å². The summed E-state index contributed by atoms with van der Waals surface area (Å²) in [5, 5.41) is 2.64. The van der Waals surface area contributed by atoms with Crippen LogP contribution in [0.1, 0.15) is 21.5 Å². The predicted molar refractivity (Wildman–Crippen MR) is 84.1 cm³/mol. The van der Waals surface area contributed by atoms with E-state index in [1.165, 1.54) is 17.4 Å². The first-order valence-corrected chi connectivity index (χ1v) is 7.72. The summed E-state index contributed by atoms with van der Waals surface area (Å²) in [6.07, 6.45) is 0. The van der Waals surface area contributed by atoms with Crippen LogP contribution in [0.5, 0.6) is 0 Å². The molecule has 20 heavy (non-hydrogen) atoms. The van der Waals surface area contributed by atoms with Crippen LogP contribution < -0.4 is 0 Å². The van der Waals surface area contributed by atoms with E-state index in [0.29, 0.717) is 5.56 Å². The molecule has 0 bridgehead atoms. The number of thiophene rings is 1. The summed E-state index contributed by atoms with van der Waals surface area (Å²) >= 11 is 4.95. The molecule has 0 N–H and O–H groups in total. The molecular weight excluding hydrogens is 339 g/mol. The van der Waals surface area contributed by atoms with Crippen LogP contribution >= 0.6 is 27.3 Å². The third-order valence-corrected chi connectivity index (χ3v) is 5.12. The highest BCUT2D eigenvalue weighted by molar-refractivity contribution is 9.10. The lowest BCUT2D eigenvalue weighted by molar-refractivity contribution is 0.103. The lowest BCUT2D eigenvalue weighted by atomic mass is 10.0. The van der Waals surface area contributed by atoms with Crippen LogP contribution in [-0.4, -0.2) is 5.78 Å². The zero-order valence-corrected chi connectivity index (χ0v) is 13.0. The van der Waals surface area contributed by atoms with E-state index in [4.69, 9.17) is 0 Å². The van der Waals surface area contributed by atoms with E-state index in [1.54, 1.807) is 24.4 Å². The molecule has 0 aliphatic rings. The average Bonchev–Trinajstić information content (AvgIpc) is 2.83. The number of fused-ring (bicyclic) bond motifs is 1. The Morgan fingerprint density at radius 2 is 2.00 bits per heavy atom. The summed E-state index contributed by atoms with van der Waals surface area (Å²) < 4.78 is 15.9. The second-order valence-corrected chi connectivity index (χ2v) is 6.31. The monoisotopic (exact) mass is 348 g/mol. The summed E-state index contributed by atoms with van der Waals surface area (Å²) in [6.45, 7) is 1.80. The first kappa shape index (κ1) is 13.5. The normalized spacial score (nSPS) is 10.9. The van der Waals surface area contributed by atoms with E-state index >= 15 is 0 Å². The number of hydrogen-bond donors (Lipinski definition) is 0. The Balaban J connectivity index is 2.16. The van der Waals surface area contributed by atoms with Gasteiger partial charge in [0.2, 0.25) is 0 Å². The molecule has 1 heterocycles. The van der Waals surface area contributed by atoms with E-state index in [9.17, 15) is 9.18 Å². The fourth-order valence-electron chi connectivity index (χ4n) is 2.15. The Morgan fingerprint density at radius 3 is 2.75 bits per heavy atom. The fraction of sp³-hybridized carbons (Fsp3) is 0.0625. The standard InChI is InChI=1S/C16H10BrFOS/c1-9-5-6-11(14(18)7-9)15(19)12-8-20-16-10(12)3-2-4-13(16)17/h2-8H,1H3. The van der Waals surface area contributed by atoms with Gasteiger partial charge >= 0.3 is 0 Å². The lowest BCUT2D eigenvalue weighted by Gasteiger charge is -2.03. The maximum atomic E-state index is 13.9. The van der Waals surface area contributed by atoms with Gasteiger partial charge in [0.15, 0.2) is 5.78 Å². The summed E-state index contributed by atoms with van der Waals surface area (Å²) in [4.78, 5) is 12.5.